The van der Waals surface area contributed by atoms with Gasteiger partial charge in [-0.25, -0.2) is 9.89 Å². The van der Waals surface area contributed by atoms with Crippen molar-refractivity contribution in [2.75, 3.05) is 18.0 Å². The molecule has 1 saturated carbocycles. The van der Waals surface area contributed by atoms with E-state index in [1.165, 1.54) is 23.4 Å². The Labute approximate surface area is 186 Å². The van der Waals surface area contributed by atoms with Gasteiger partial charge in [0.2, 0.25) is 0 Å². The van der Waals surface area contributed by atoms with E-state index in [0.717, 1.165) is 23.3 Å². The number of benzene rings is 2. The van der Waals surface area contributed by atoms with E-state index in [1.807, 2.05) is 12.1 Å². The van der Waals surface area contributed by atoms with Crippen molar-refractivity contribution in [3.05, 3.63) is 65.4 Å². The van der Waals surface area contributed by atoms with Crippen LogP contribution in [0.5, 0.6) is 0 Å². The zero-order valence-corrected chi connectivity index (χ0v) is 17.9. The van der Waals surface area contributed by atoms with Crippen molar-refractivity contribution in [1.29, 1.82) is 0 Å². The van der Waals surface area contributed by atoms with Crippen molar-refractivity contribution < 1.29 is 19.4 Å². The second-order valence-electron chi connectivity index (χ2n) is 8.28. The highest BCUT2D eigenvalue weighted by molar-refractivity contribution is 6.12. The van der Waals surface area contributed by atoms with Gasteiger partial charge < -0.3 is 14.7 Å². The molecule has 0 aromatic heterocycles. The minimum atomic E-state index is -1.11. The van der Waals surface area contributed by atoms with Crippen molar-refractivity contribution in [3.8, 4) is 0 Å². The lowest BCUT2D eigenvalue weighted by Gasteiger charge is -2.27. The number of carboxylic acid groups (broad SMARTS) is 1. The van der Waals surface area contributed by atoms with Crippen molar-refractivity contribution >= 4 is 35.3 Å². The van der Waals surface area contributed by atoms with Gasteiger partial charge in [-0.3, -0.25) is 9.59 Å². The lowest BCUT2D eigenvalue weighted by molar-refractivity contribution is -0.140. The Kier molecular flexibility index (Phi) is 5.17. The average Bonchev–Trinajstić information content (AvgIpc) is 3.44. The van der Waals surface area contributed by atoms with Gasteiger partial charge in [-0.2, -0.15) is 0 Å². The highest BCUT2D eigenvalue weighted by atomic mass is 16.5. The number of aliphatic carboxylic acids is 1. The van der Waals surface area contributed by atoms with Gasteiger partial charge in [0.05, 0.1) is 0 Å². The number of carbonyl (C=O) groups is 2. The van der Waals surface area contributed by atoms with Gasteiger partial charge in [0.15, 0.2) is 5.76 Å². The molecule has 2 heterocycles. The molecule has 2 aromatic rings. The second-order valence-corrected chi connectivity index (χ2v) is 8.28. The van der Waals surface area contributed by atoms with E-state index in [-0.39, 0.29) is 11.8 Å². The van der Waals surface area contributed by atoms with Gasteiger partial charge in [-0.05, 0) is 61.2 Å². The van der Waals surface area contributed by atoms with Crippen molar-refractivity contribution in [2.45, 2.75) is 38.1 Å². The summed E-state index contributed by atoms with van der Waals surface area (Å²) >= 11 is 0. The highest BCUT2D eigenvalue weighted by Crippen LogP contribution is 2.52. The smallest absolute Gasteiger partial charge is 0.323 e. The molecule has 2 aliphatic heterocycles. The largest absolute Gasteiger partial charge is 0.480 e. The van der Waals surface area contributed by atoms with Crippen LogP contribution in [0.1, 0.15) is 43.2 Å². The molecule has 2 atom stereocenters. The molecule has 0 spiro atoms. The molecule has 1 N–H and O–H groups in total. The van der Waals surface area contributed by atoms with Crippen LogP contribution in [0.4, 0.5) is 11.4 Å². The Morgan fingerprint density at radius 2 is 2.03 bits per heavy atom. The Balaban J connectivity index is 1.49. The third-order valence-electron chi connectivity index (χ3n) is 6.33. The summed E-state index contributed by atoms with van der Waals surface area (Å²) in [6.45, 7) is 1.72. The van der Waals surface area contributed by atoms with Crippen molar-refractivity contribution in [1.82, 2.24) is 4.90 Å². The van der Waals surface area contributed by atoms with Crippen LogP contribution in [0.25, 0.3) is 6.08 Å². The number of amidine groups is 1. The first-order valence-corrected chi connectivity index (χ1v) is 11.0. The molecule has 1 amide bonds. The monoisotopic (exact) mass is 431 g/mol. The number of anilines is 2. The zero-order valence-electron chi connectivity index (χ0n) is 17.9. The molecule has 164 valence electrons. The van der Waals surface area contributed by atoms with Crippen LogP contribution >= 0.6 is 0 Å². The number of hydrogen-bond donors (Lipinski definition) is 1. The SMILES string of the molecule is CC/N=C1\O/C(=C/c2ccc3c(c2)C2CCCC2N3c2ccccc2)C(=O)N1CC(=O)O. The predicted octanol–water partition coefficient (Wildman–Crippen LogP) is 4.13. The first kappa shape index (κ1) is 20.3. The van der Waals surface area contributed by atoms with Gasteiger partial charge in [-0.1, -0.05) is 30.7 Å². The quantitative estimate of drug-likeness (QED) is 0.720. The van der Waals surface area contributed by atoms with E-state index in [1.54, 1.807) is 13.0 Å². The van der Waals surface area contributed by atoms with E-state index in [0.29, 0.717) is 18.5 Å². The number of ether oxygens (including phenoxy) is 1. The average molecular weight is 431 g/mol. The van der Waals surface area contributed by atoms with E-state index < -0.39 is 18.4 Å². The van der Waals surface area contributed by atoms with Gasteiger partial charge in [0, 0.05) is 29.9 Å². The van der Waals surface area contributed by atoms with Crippen LogP contribution in [0.3, 0.4) is 0 Å². The number of amides is 1. The van der Waals surface area contributed by atoms with Gasteiger partial charge in [-0.15, -0.1) is 0 Å². The summed E-state index contributed by atoms with van der Waals surface area (Å²) < 4.78 is 5.64. The van der Waals surface area contributed by atoms with Crippen LogP contribution < -0.4 is 4.90 Å². The topological polar surface area (TPSA) is 82.4 Å². The fourth-order valence-electron chi connectivity index (χ4n) is 5.08. The van der Waals surface area contributed by atoms with Gasteiger partial charge in [0.25, 0.3) is 5.91 Å². The van der Waals surface area contributed by atoms with Crippen LogP contribution in [-0.2, 0) is 14.3 Å². The normalized spacial score (nSPS) is 24.2. The number of fused-ring (bicyclic) bond motifs is 3. The summed E-state index contributed by atoms with van der Waals surface area (Å²) in [5.41, 5.74) is 4.57. The number of aliphatic imine (C=N–C) groups is 1. The first-order valence-electron chi connectivity index (χ1n) is 11.0. The standard InChI is InChI=1S/C25H25N3O4/c1-2-26-25-27(15-23(29)30)24(31)22(32-25)14-16-11-12-21-19(13-16)18-9-6-10-20(18)28(21)17-7-4-3-5-8-17/h3-5,7-8,11-14,18,20H,2,6,9-10,15H2,1H3,(H,29,30)/b22-14+,26-25-. The third kappa shape index (κ3) is 3.43. The molecule has 0 bridgehead atoms. The lowest BCUT2D eigenvalue weighted by atomic mass is 9.96. The number of rotatable bonds is 5. The Morgan fingerprint density at radius 3 is 2.78 bits per heavy atom. The molecule has 2 aromatic carbocycles. The summed E-state index contributed by atoms with van der Waals surface area (Å²) in [4.78, 5) is 31.6. The maximum Gasteiger partial charge on any atom is 0.323 e. The van der Waals surface area contributed by atoms with Gasteiger partial charge >= 0.3 is 12.0 Å². The number of nitrogens with zero attached hydrogens (tertiary/aromatic N) is 3. The van der Waals surface area contributed by atoms with Crippen LogP contribution in [0, 0.1) is 0 Å². The molecule has 32 heavy (non-hydrogen) atoms. The summed E-state index contributed by atoms with van der Waals surface area (Å²) in [6, 6.07) is 17.2. The van der Waals surface area contributed by atoms with Crippen molar-refractivity contribution in [2.24, 2.45) is 4.99 Å². The molecular formula is C25H25N3O4. The van der Waals surface area contributed by atoms with E-state index in [9.17, 15) is 9.59 Å². The van der Waals surface area contributed by atoms with E-state index in [2.05, 4.69) is 46.3 Å². The first-order chi connectivity index (χ1) is 15.6. The minimum absolute atomic E-state index is 0.0402. The molecule has 2 unspecified atom stereocenters. The Bertz CT molecular complexity index is 1130. The summed E-state index contributed by atoms with van der Waals surface area (Å²) in [5, 5.41) is 9.14. The summed E-state index contributed by atoms with van der Waals surface area (Å²) in [5.74, 6) is -1.04. The molecule has 1 aliphatic carbocycles. The fourth-order valence-corrected chi connectivity index (χ4v) is 5.08. The lowest BCUT2D eigenvalue weighted by Crippen LogP contribution is -2.35. The minimum Gasteiger partial charge on any atom is -0.480 e. The summed E-state index contributed by atoms with van der Waals surface area (Å²) in [6.07, 6.45) is 5.19. The molecule has 2 fully saturated rings. The molecule has 7 heteroatoms. The number of hydrogen-bond acceptors (Lipinski definition) is 5. The number of carbonyl (C=O) groups excluding carboxylic acids is 1. The Morgan fingerprint density at radius 1 is 1.22 bits per heavy atom. The molecule has 3 aliphatic rings. The Hall–Kier alpha value is -3.61. The molecular weight excluding hydrogens is 406 g/mol. The highest BCUT2D eigenvalue weighted by Gasteiger charge is 2.42. The van der Waals surface area contributed by atoms with E-state index >= 15 is 0 Å². The number of carboxylic acids is 1. The molecule has 1 saturated heterocycles. The van der Waals surface area contributed by atoms with Crippen molar-refractivity contribution in [3.63, 3.8) is 0 Å². The van der Waals surface area contributed by atoms with Crippen LogP contribution in [-0.4, -0.2) is 47.0 Å². The zero-order chi connectivity index (χ0) is 22.2. The van der Waals surface area contributed by atoms with Crippen LogP contribution in [0.15, 0.2) is 59.3 Å². The maximum atomic E-state index is 12.8. The molecule has 5 rings (SSSR count). The predicted molar refractivity (Wildman–Crippen MR) is 122 cm³/mol. The molecule has 7 nitrogen and oxygen atoms in total. The molecule has 0 radical (unpaired) electrons. The second kappa shape index (κ2) is 8.15. The summed E-state index contributed by atoms with van der Waals surface area (Å²) in [7, 11) is 0. The third-order valence-corrected chi connectivity index (χ3v) is 6.33. The van der Waals surface area contributed by atoms with E-state index in [4.69, 9.17) is 9.84 Å². The number of para-hydroxylation sites is 1. The fraction of sp³-hybridized carbons (Fsp3) is 0.320. The van der Waals surface area contributed by atoms with Crippen LogP contribution in [0.2, 0.25) is 0 Å². The van der Waals surface area contributed by atoms with Gasteiger partial charge in [0.1, 0.15) is 6.54 Å². The maximum absolute atomic E-state index is 12.8.